The number of ketones is 1. The molecule has 1 N–H and O–H groups in total. The minimum absolute atomic E-state index is 0.160. The lowest BCUT2D eigenvalue weighted by molar-refractivity contribution is -0.151. The molecule has 0 spiro atoms. The SMILES string of the molecule is CCC(C)(C)C(=O)C(=O)N1CCCC1C(=O)NCCC(c1ccccc1)C(C)c1ccccc1. The van der Waals surface area contributed by atoms with Gasteiger partial charge in [-0.25, -0.2) is 0 Å². The predicted octanol–water partition coefficient (Wildman–Crippen LogP) is 5.08. The molecule has 1 saturated heterocycles. The number of Topliss-reactive ketones (excluding diaryl/α,β-unsaturated/α-hetero) is 1. The number of amides is 2. The van der Waals surface area contributed by atoms with Crippen molar-refractivity contribution in [3.8, 4) is 0 Å². The Balaban J connectivity index is 1.65. The molecule has 3 atom stereocenters. The van der Waals surface area contributed by atoms with E-state index in [1.165, 1.54) is 16.0 Å². The van der Waals surface area contributed by atoms with Gasteiger partial charge in [0.2, 0.25) is 11.7 Å². The Kier molecular flexibility index (Phi) is 8.65. The van der Waals surface area contributed by atoms with Crippen molar-refractivity contribution in [2.24, 2.45) is 5.41 Å². The van der Waals surface area contributed by atoms with Gasteiger partial charge in [-0.15, -0.1) is 0 Å². The number of rotatable bonds is 10. The number of likely N-dealkylation sites (tertiary alicyclic amines) is 1. The minimum Gasteiger partial charge on any atom is -0.354 e. The maximum Gasteiger partial charge on any atom is 0.291 e. The second-order valence-electron chi connectivity index (χ2n) is 10.0. The summed E-state index contributed by atoms with van der Waals surface area (Å²) in [7, 11) is 0. The fourth-order valence-electron chi connectivity index (χ4n) is 4.73. The molecule has 5 heteroatoms. The lowest BCUT2D eigenvalue weighted by Gasteiger charge is -2.28. The highest BCUT2D eigenvalue weighted by Gasteiger charge is 2.41. The molecular formula is C29H38N2O3. The molecular weight excluding hydrogens is 424 g/mol. The molecule has 5 nitrogen and oxygen atoms in total. The second kappa shape index (κ2) is 11.5. The third kappa shape index (κ3) is 5.94. The highest BCUT2D eigenvalue weighted by Crippen LogP contribution is 2.35. The Morgan fingerprint density at radius 1 is 1.00 bits per heavy atom. The lowest BCUT2D eigenvalue weighted by atomic mass is 9.80. The summed E-state index contributed by atoms with van der Waals surface area (Å²) >= 11 is 0. The Bertz CT molecular complexity index is 971. The van der Waals surface area contributed by atoms with Gasteiger partial charge < -0.3 is 10.2 Å². The van der Waals surface area contributed by atoms with Gasteiger partial charge in [-0.05, 0) is 48.6 Å². The van der Waals surface area contributed by atoms with Crippen molar-refractivity contribution in [1.82, 2.24) is 10.2 Å². The van der Waals surface area contributed by atoms with Crippen molar-refractivity contribution in [3.63, 3.8) is 0 Å². The van der Waals surface area contributed by atoms with Crippen LogP contribution in [0.3, 0.4) is 0 Å². The predicted molar refractivity (Wildman–Crippen MR) is 135 cm³/mol. The smallest absolute Gasteiger partial charge is 0.291 e. The van der Waals surface area contributed by atoms with Crippen LogP contribution in [0.4, 0.5) is 0 Å². The highest BCUT2D eigenvalue weighted by molar-refractivity contribution is 6.38. The van der Waals surface area contributed by atoms with Gasteiger partial charge in [-0.1, -0.05) is 88.4 Å². The number of carbonyl (C=O) groups excluding carboxylic acids is 3. The van der Waals surface area contributed by atoms with Crippen molar-refractivity contribution < 1.29 is 14.4 Å². The van der Waals surface area contributed by atoms with Gasteiger partial charge in [0.25, 0.3) is 5.91 Å². The van der Waals surface area contributed by atoms with Crippen molar-refractivity contribution in [2.75, 3.05) is 13.1 Å². The molecule has 0 radical (unpaired) electrons. The first-order valence-corrected chi connectivity index (χ1v) is 12.5. The maximum absolute atomic E-state index is 13.0. The Hall–Kier alpha value is -2.95. The number of benzene rings is 2. The Morgan fingerprint density at radius 3 is 2.18 bits per heavy atom. The van der Waals surface area contributed by atoms with Gasteiger partial charge >= 0.3 is 0 Å². The van der Waals surface area contributed by atoms with E-state index in [-0.39, 0.29) is 11.8 Å². The molecule has 1 aliphatic rings. The fourth-order valence-corrected chi connectivity index (χ4v) is 4.73. The van der Waals surface area contributed by atoms with Gasteiger partial charge in [0, 0.05) is 18.5 Å². The highest BCUT2D eigenvalue weighted by atomic mass is 16.2. The topological polar surface area (TPSA) is 66.5 Å². The van der Waals surface area contributed by atoms with Crippen LogP contribution in [0.1, 0.15) is 76.3 Å². The molecule has 0 bridgehead atoms. The monoisotopic (exact) mass is 462 g/mol. The van der Waals surface area contributed by atoms with Gasteiger partial charge in [0.1, 0.15) is 6.04 Å². The number of nitrogens with one attached hydrogen (secondary N) is 1. The second-order valence-corrected chi connectivity index (χ2v) is 10.0. The van der Waals surface area contributed by atoms with Crippen LogP contribution in [0.2, 0.25) is 0 Å². The number of hydrogen-bond donors (Lipinski definition) is 1. The molecule has 3 unspecified atom stereocenters. The third-order valence-corrected chi connectivity index (χ3v) is 7.42. The van der Waals surface area contributed by atoms with Gasteiger partial charge in [0.05, 0.1) is 0 Å². The molecule has 2 aromatic rings. The Labute approximate surface area is 203 Å². The summed E-state index contributed by atoms with van der Waals surface area (Å²) in [6.45, 7) is 8.68. The molecule has 1 heterocycles. The summed E-state index contributed by atoms with van der Waals surface area (Å²) in [6, 6.07) is 20.3. The maximum atomic E-state index is 13.0. The molecule has 0 aliphatic carbocycles. The summed E-state index contributed by atoms with van der Waals surface area (Å²) in [5, 5.41) is 3.06. The van der Waals surface area contributed by atoms with E-state index < -0.39 is 23.1 Å². The number of carbonyl (C=O) groups is 3. The summed E-state index contributed by atoms with van der Waals surface area (Å²) in [5.74, 6) is -0.553. The first kappa shape index (κ1) is 25.7. The van der Waals surface area contributed by atoms with Crippen molar-refractivity contribution >= 4 is 17.6 Å². The van der Waals surface area contributed by atoms with Crippen LogP contribution in [0, 0.1) is 5.41 Å². The molecule has 3 rings (SSSR count). The summed E-state index contributed by atoms with van der Waals surface area (Å²) in [4.78, 5) is 40.1. The largest absolute Gasteiger partial charge is 0.354 e. The zero-order chi connectivity index (χ0) is 24.7. The zero-order valence-electron chi connectivity index (χ0n) is 20.9. The van der Waals surface area contributed by atoms with Crippen LogP contribution in [0.25, 0.3) is 0 Å². The molecule has 0 aromatic heterocycles. The zero-order valence-corrected chi connectivity index (χ0v) is 20.9. The van der Waals surface area contributed by atoms with Gasteiger partial charge in [-0.2, -0.15) is 0 Å². The summed E-state index contributed by atoms with van der Waals surface area (Å²) in [6.07, 6.45) is 2.71. The van der Waals surface area contributed by atoms with E-state index in [2.05, 4.69) is 60.8 Å². The van der Waals surface area contributed by atoms with Crippen LogP contribution < -0.4 is 5.32 Å². The summed E-state index contributed by atoms with van der Waals surface area (Å²) in [5.41, 5.74) is 1.81. The Morgan fingerprint density at radius 2 is 1.59 bits per heavy atom. The lowest BCUT2D eigenvalue weighted by Crippen LogP contribution is -2.50. The fraction of sp³-hybridized carbons (Fsp3) is 0.483. The van der Waals surface area contributed by atoms with E-state index in [1.54, 1.807) is 13.8 Å². The van der Waals surface area contributed by atoms with E-state index >= 15 is 0 Å². The van der Waals surface area contributed by atoms with Gasteiger partial charge in [0.15, 0.2) is 0 Å². The standard InChI is InChI=1S/C29H38N2O3/c1-5-29(3,4)26(32)28(34)31-20-12-17-25(31)27(33)30-19-18-24(23-15-10-7-11-16-23)21(2)22-13-8-6-9-14-22/h6-11,13-16,21,24-25H,5,12,17-20H2,1-4H3,(H,30,33). The molecule has 34 heavy (non-hydrogen) atoms. The van der Waals surface area contributed by atoms with E-state index in [9.17, 15) is 14.4 Å². The normalized spacial score (nSPS) is 17.8. The first-order valence-electron chi connectivity index (χ1n) is 12.5. The molecule has 1 aliphatic heterocycles. The van der Waals surface area contributed by atoms with E-state index in [4.69, 9.17) is 0 Å². The average Bonchev–Trinajstić information content (AvgIpc) is 3.36. The number of hydrogen-bond acceptors (Lipinski definition) is 3. The quantitative estimate of drug-likeness (QED) is 0.501. The van der Waals surface area contributed by atoms with Crippen LogP contribution in [0.15, 0.2) is 60.7 Å². The molecule has 1 fully saturated rings. The van der Waals surface area contributed by atoms with Crippen LogP contribution in [-0.4, -0.2) is 41.6 Å². The molecule has 2 aromatic carbocycles. The van der Waals surface area contributed by atoms with Crippen LogP contribution >= 0.6 is 0 Å². The molecule has 2 amide bonds. The van der Waals surface area contributed by atoms with E-state index in [0.29, 0.717) is 31.8 Å². The first-order chi connectivity index (χ1) is 16.3. The van der Waals surface area contributed by atoms with Crippen molar-refractivity contribution in [2.45, 2.75) is 71.3 Å². The minimum atomic E-state index is -0.711. The summed E-state index contributed by atoms with van der Waals surface area (Å²) < 4.78 is 0. The van der Waals surface area contributed by atoms with E-state index in [1.807, 2.05) is 19.1 Å². The van der Waals surface area contributed by atoms with Gasteiger partial charge in [-0.3, -0.25) is 14.4 Å². The number of nitrogens with zero attached hydrogens (tertiary/aromatic N) is 1. The van der Waals surface area contributed by atoms with Crippen molar-refractivity contribution in [1.29, 1.82) is 0 Å². The van der Waals surface area contributed by atoms with Crippen LogP contribution in [0.5, 0.6) is 0 Å². The van der Waals surface area contributed by atoms with Crippen LogP contribution in [-0.2, 0) is 14.4 Å². The molecule has 0 saturated carbocycles. The third-order valence-electron chi connectivity index (χ3n) is 7.42. The van der Waals surface area contributed by atoms with E-state index in [0.717, 1.165) is 12.8 Å². The molecule has 182 valence electrons. The average molecular weight is 463 g/mol. The van der Waals surface area contributed by atoms with Crippen molar-refractivity contribution in [3.05, 3.63) is 71.8 Å².